The summed E-state index contributed by atoms with van der Waals surface area (Å²) >= 11 is 0. The van der Waals surface area contributed by atoms with Crippen LogP contribution < -0.4 is 10.6 Å². The van der Waals surface area contributed by atoms with Crippen LogP contribution in [-0.4, -0.2) is 24.5 Å². The number of hydrogen-bond donors (Lipinski definition) is 1. The molecule has 16 heavy (non-hydrogen) atoms. The maximum Gasteiger partial charge on any atom is 0.232 e. The van der Waals surface area contributed by atoms with Crippen molar-refractivity contribution in [2.75, 3.05) is 18.5 Å². The molecule has 1 unspecified atom stereocenters. The summed E-state index contributed by atoms with van der Waals surface area (Å²) in [5, 5.41) is 0. The van der Waals surface area contributed by atoms with E-state index in [-0.39, 0.29) is 11.8 Å². The second-order valence-electron chi connectivity index (χ2n) is 3.81. The van der Waals surface area contributed by atoms with Crippen molar-refractivity contribution >= 4 is 11.7 Å². The lowest BCUT2D eigenvalue weighted by Gasteiger charge is -2.21. The van der Waals surface area contributed by atoms with Crippen molar-refractivity contribution in [3.63, 3.8) is 0 Å². The number of carbonyl (C=O) groups is 1. The number of aromatic nitrogens is 1. The third kappa shape index (κ3) is 3.03. The standard InChI is InChI=1S/C12H19N3O/c1-3-6-10(9-13)12(16)15(2)11-7-4-5-8-14-11/h4-5,7-8,10H,3,6,9,13H2,1-2H3. The molecule has 1 aromatic rings. The van der Waals surface area contributed by atoms with Gasteiger partial charge in [-0.15, -0.1) is 0 Å². The Morgan fingerprint density at radius 1 is 1.56 bits per heavy atom. The van der Waals surface area contributed by atoms with Gasteiger partial charge in [0.05, 0.1) is 5.92 Å². The highest BCUT2D eigenvalue weighted by molar-refractivity contribution is 5.93. The van der Waals surface area contributed by atoms with E-state index in [0.717, 1.165) is 12.8 Å². The summed E-state index contributed by atoms with van der Waals surface area (Å²) in [6, 6.07) is 5.51. The van der Waals surface area contributed by atoms with Gasteiger partial charge in [0.15, 0.2) is 0 Å². The van der Waals surface area contributed by atoms with Crippen molar-refractivity contribution in [2.24, 2.45) is 11.7 Å². The van der Waals surface area contributed by atoms with E-state index in [1.165, 1.54) is 0 Å². The van der Waals surface area contributed by atoms with Crippen molar-refractivity contribution in [2.45, 2.75) is 19.8 Å². The van der Waals surface area contributed by atoms with Crippen LogP contribution >= 0.6 is 0 Å². The van der Waals surface area contributed by atoms with Crippen LogP contribution in [-0.2, 0) is 4.79 Å². The topological polar surface area (TPSA) is 59.2 Å². The molecule has 4 heteroatoms. The molecule has 0 radical (unpaired) electrons. The summed E-state index contributed by atoms with van der Waals surface area (Å²) in [4.78, 5) is 17.8. The van der Waals surface area contributed by atoms with Crippen LogP contribution in [0.1, 0.15) is 19.8 Å². The molecular formula is C12H19N3O. The average Bonchev–Trinajstić information content (AvgIpc) is 2.35. The van der Waals surface area contributed by atoms with Gasteiger partial charge in [-0.3, -0.25) is 9.69 Å². The third-order valence-corrected chi connectivity index (χ3v) is 2.59. The van der Waals surface area contributed by atoms with Gasteiger partial charge >= 0.3 is 0 Å². The van der Waals surface area contributed by atoms with Crippen molar-refractivity contribution in [3.05, 3.63) is 24.4 Å². The number of nitrogens with zero attached hydrogens (tertiary/aromatic N) is 2. The molecule has 2 N–H and O–H groups in total. The van der Waals surface area contributed by atoms with Gasteiger partial charge in [0.25, 0.3) is 0 Å². The number of hydrogen-bond acceptors (Lipinski definition) is 3. The minimum Gasteiger partial charge on any atom is -0.330 e. The molecule has 4 nitrogen and oxygen atoms in total. The molecule has 0 fully saturated rings. The van der Waals surface area contributed by atoms with Gasteiger partial charge in [-0.25, -0.2) is 4.98 Å². The summed E-state index contributed by atoms with van der Waals surface area (Å²) in [7, 11) is 1.74. The monoisotopic (exact) mass is 221 g/mol. The SMILES string of the molecule is CCCC(CN)C(=O)N(C)c1ccccn1. The molecule has 0 saturated carbocycles. The van der Waals surface area contributed by atoms with E-state index in [2.05, 4.69) is 11.9 Å². The van der Waals surface area contributed by atoms with Crippen molar-refractivity contribution in [1.82, 2.24) is 4.98 Å². The molecule has 1 aromatic heterocycles. The Morgan fingerprint density at radius 3 is 2.81 bits per heavy atom. The van der Waals surface area contributed by atoms with Crippen LogP contribution in [0.2, 0.25) is 0 Å². The van der Waals surface area contributed by atoms with Crippen LogP contribution in [0.5, 0.6) is 0 Å². The van der Waals surface area contributed by atoms with E-state index in [0.29, 0.717) is 12.4 Å². The lowest BCUT2D eigenvalue weighted by molar-refractivity contribution is -0.122. The zero-order chi connectivity index (χ0) is 12.0. The second kappa shape index (κ2) is 6.23. The molecule has 0 saturated heterocycles. The molecule has 1 amide bonds. The highest BCUT2D eigenvalue weighted by Gasteiger charge is 2.21. The Balaban J connectivity index is 2.73. The first-order valence-electron chi connectivity index (χ1n) is 5.59. The van der Waals surface area contributed by atoms with Gasteiger partial charge < -0.3 is 5.73 Å². The van der Waals surface area contributed by atoms with Crippen LogP contribution in [0.3, 0.4) is 0 Å². The molecular weight excluding hydrogens is 202 g/mol. The molecule has 0 aliphatic heterocycles. The molecule has 0 spiro atoms. The predicted octanol–water partition coefficient (Wildman–Crippen LogP) is 1.42. The highest BCUT2D eigenvalue weighted by Crippen LogP contribution is 2.13. The third-order valence-electron chi connectivity index (χ3n) is 2.59. The number of nitrogens with two attached hydrogens (primary N) is 1. The first-order chi connectivity index (χ1) is 7.70. The van der Waals surface area contributed by atoms with E-state index >= 15 is 0 Å². The van der Waals surface area contributed by atoms with E-state index in [4.69, 9.17) is 5.73 Å². The van der Waals surface area contributed by atoms with Crippen LogP contribution in [0.4, 0.5) is 5.82 Å². The van der Waals surface area contributed by atoms with Crippen LogP contribution in [0.15, 0.2) is 24.4 Å². The first-order valence-corrected chi connectivity index (χ1v) is 5.59. The normalized spacial score (nSPS) is 12.2. The summed E-state index contributed by atoms with van der Waals surface area (Å²) in [6.07, 6.45) is 3.46. The smallest absolute Gasteiger partial charge is 0.232 e. The zero-order valence-corrected chi connectivity index (χ0v) is 9.89. The summed E-state index contributed by atoms with van der Waals surface area (Å²) in [5.74, 6) is 0.613. The number of carbonyl (C=O) groups excluding carboxylic acids is 1. The molecule has 0 aromatic carbocycles. The quantitative estimate of drug-likeness (QED) is 0.818. The molecule has 0 bridgehead atoms. The Morgan fingerprint density at radius 2 is 2.31 bits per heavy atom. The lowest BCUT2D eigenvalue weighted by Crippen LogP contribution is -2.37. The van der Waals surface area contributed by atoms with Gasteiger partial charge in [0, 0.05) is 19.8 Å². The molecule has 0 aliphatic carbocycles. The summed E-state index contributed by atoms with van der Waals surface area (Å²) < 4.78 is 0. The maximum atomic E-state index is 12.1. The fourth-order valence-corrected chi connectivity index (χ4v) is 1.63. The summed E-state index contributed by atoms with van der Waals surface area (Å²) in [6.45, 7) is 2.44. The van der Waals surface area contributed by atoms with Gasteiger partial charge in [-0.05, 0) is 18.6 Å². The molecule has 0 aliphatic rings. The fraction of sp³-hybridized carbons (Fsp3) is 0.500. The zero-order valence-electron chi connectivity index (χ0n) is 9.89. The van der Waals surface area contributed by atoms with Crippen molar-refractivity contribution < 1.29 is 4.79 Å². The van der Waals surface area contributed by atoms with E-state index < -0.39 is 0 Å². The first kappa shape index (κ1) is 12.6. The molecule has 88 valence electrons. The predicted molar refractivity (Wildman–Crippen MR) is 65.1 cm³/mol. The van der Waals surface area contributed by atoms with Crippen molar-refractivity contribution in [3.8, 4) is 0 Å². The minimum atomic E-state index is -0.1000. The van der Waals surface area contributed by atoms with Gasteiger partial charge in [0.1, 0.15) is 5.82 Å². The van der Waals surface area contributed by atoms with Gasteiger partial charge in [-0.1, -0.05) is 19.4 Å². The number of amides is 1. The second-order valence-corrected chi connectivity index (χ2v) is 3.81. The summed E-state index contributed by atoms with van der Waals surface area (Å²) in [5.41, 5.74) is 5.61. The Hall–Kier alpha value is -1.42. The Labute approximate surface area is 96.5 Å². The van der Waals surface area contributed by atoms with E-state index in [1.807, 2.05) is 18.2 Å². The fourth-order valence-electron chi connectivity index (χ4n) is 1.63. The number of pyridine rings is 1. The van der Waals surface area contributed by atoms with Crippen LogP contribution in [0, 0.1) is 5.92 Å². The molecule has 1 heterocycles. The van der Waals surface area contributed by atoms with E-state index in [1.54, 1.807) is 18.1 Å². The molecule has 1 rings (SSSR count). The maximum absolute atomic E-state index is 12.1. The number of rotatable bonds is 5. The van der Waals surface area contributed by atoms with Crippen LogP contribution in [0.25, 0.3) is 0 Å². The molecule has 1 atom stereocenters. The van der Waals surface area contributed by atoms with E-state index in [9.17, 15) is 4.79 Å². The Kier molecular flexibility index (Phi) is 4.92. The number of anilines is 1. The highest BCUT2D eigenvalue weighted by atomic mass is 16.2. The average molecular weight is 221 g/mol. The lowest BCUT2D eigenvalue weighted by atomic mass is 10.0. The van der Waals surface area contributed by atoms with Gasteiger partial charge in [0.2, 0.25) is 5.91 Å². The van der Waals surface area contributed by atoms with Gasteiger partial charge in [-0.2, -0.15) is 0 Å². The van der Waals surface area contributed by atoms with Crippen molar-refractivity contribution in [1.29, 1.82) is 0 Å². The largest absolute Gasteiger partial charge is 0.330 e. The minimum absolute atomic E-state index is 0.0445. The Bertz CT molecular complexity index is 326.